The first kappa shape index (κ1) is 13.9. The third kappa shape index (κ3) is 5.10. The molecule has 0 atom stereocenters. The number of hydrogen-bond donors (Lipinski definition) is 1. The average molecular weight is 251 g/mol. The van der Waals surface area contributed by atoms with E-state index in [9.17, 15) is 0 Å². The van der Waals surface area contributed by atoms with Crippen molar-refractivity contribution in [2.75, 3.05) is 11.9 Å². The van der Waals surface area contributed by atoms with E-state index in [0.29, 0.717) is 10.6 Å². The largest absolute Gasteiger partial charge is 0.384 e. The van der Waals surface area contributed by atoms with Gasteiger partial charge < -0.3 is 5.32 Å². The van der Waals surface area contributed by atoms with Crippen molar-refractivity contribution in [2.45, 2.75) is 39.0 Å². The van der Waals surface area contributed by atoms with Gasteiger partial charge in [0.2, 0.25) is 0 Å². The third-order valence-electron chi connectivity index (χ3n) is 2.70. The first-order chi connectivity index (χ1) is 8.27. The van der Waals surface area contributed by atoms with E-state index in [1.54, 1.807) is 12.1 Å². The lowest BCUT2D eigenvalue weighted by Gasteiger charge is -2.08. The molecule has 0 aromatic heterocycles. The predicted octanol–water partition coefficient (Wildman–Crippen LogP) is 4.59. The van der Waals surface area contributed by atoms with Crippen LogP contribution in [0.25, 0.3) is 0 Å². The molecule has 0 aliphatic carbocycles. The second-order valence-corrected chi connectivity index (χ2v) is 4.58. The SMILES string of the molecule is CCCCCCCNc1cc(Cl)ccc1C#N. The minimum absolute atomic E-state index is 0.656. The van der Waals surface area contributed by atoms with Crippen molar-refractivity contribution in [3.05, 3.63) is 28.8 Å². The number of anilines is 1. The topological polar surface area (TPSA) is 35.8 Å². The molecule has 0 bridgehead atoms. The molecule has 1 aromatic rings. The molecule has 3 heteroatoms. The summed E-state index contributed by atoms with van der Waals surface area (Å²) in [4.78, 5) is 0. The Morgan fingerprint density at radius 1 is 1.24 bits per heavy atom. The highest BCUT2D eigenvalue weighted by atomic mass is 35.5. The molecule has 0 saturated carbocycles. The summed E-state index contributed by atoms with van der Waals surface area (Å²) >= 11 is 5.91. The fourth-order valence-electron chi connectivity index (χ4n) is 1.71. The van der Waals surface area contributed by atoms with Crippen LogP contribution >= 0.6 is 11.6 Å². The molecule has 17 heavy (non-hydrogen) atoms. The quantitative estimate of drug-likeness (QED) is 0.719. The number of nitrogens with zero attached hydrogens (tertiary/aromatic N) is 1. The summed E-state index contributed by atoms with van der Waals surface area (Å²) in [5.41, 5.74) is 1.50. The number of rotatable bonds is 7. The van der Waals surface area contributed by atoms with Crippen LogP contribution in [0.5, 0.6) is 0 Å². The van der Waals surface area contributed by atoms with Gasteiger partial charge in [-0.05, 0) is 24.6 Å². The summed E-state index contributed by atoms with van der Waals surface area (Å²) in [5.74, 6) is 0. The highest BCUT2D eigenvalue weighted by Crippen LogP contribution is 2.20. The van der Waals surface area contributed by atoms with Crippen LogP contribution in [-0.4, -0.2) is 6.54 Å². The molecule has 1 N–H and O–H groups in total. The normalized spacial score (nSPS) is 9.94. The molecule has 1 aromatic carbocycles. The van der Waals surface area contributed by atoms with E-state index in [-0.39, 0.29) is 0 Å². The van der Waals surface area contributed by atoms with E-state index in [2.05, 4.69) is 18.3 Å². The molecule has 0 amide bonds. The van der Waals surface area contributed by atoms with Crippen molar-refractivity contribution in [2.24, 2.45) is 0 Å². The van der Waals surface area contributed by atoms with E-state index in [0.717, 1.165) is 18.7 Å². The summed E-state index contributed by atoms with van der Waals surface area (Å²) in [5, 5.41) is 12.9. The van der Waals surface area contributed by atoms with Gasteiger partial charge in [0.05, 0.1) is 11.3 Å². The van der Waals surface area contributed by atoms with Crippen LogP contribution in [0.1, 0.15) is 44.6 Å². The Labute approximate surface area is 109 Å². The molecule has 0 radical (unpaired) electrons. The van der Waals surface area contributed by atoms with Crippen LogP contribution in [0.2, 0.25) is 5.02 Å². The Morgan fingerprint density at radius 3 is 2.71 bits per heavy atom. The number of nitriles is 1. The Kier molecular flexibility index (Phi) is 6.50. The van der Waals surface area contributed by atoms with Crippen LogP contribution < -0.4 is 5.32 Å². The van der Waals surface area contributed by atoms with Crippen molar-refractivity contribution < 1.29 is 0 Å². The minimum Gasteiger partial charge on any atom is -0.384 e. The third-order valence-corrected chi connectivity index (χ3v) is 2.93. The van der Waals surface area contributed by atoms with Gasteiger partial charge in [-0.15, -0.1) is 0 Å². The molecule has 0 spiro atoms. The predicted molar refractivity (Wildman–Crippen MR) is 73.4 cm³/mol. The first-order valence-electron chi connectivity index (χ1n) is 6.21. The van der Waals surface area contributed by atoms with E-state index in [1.165, 1.54) is 25.7 Å². The number of benzene rings is 1. The Balaban J connectivity index is 2.36. The Hall–Kier alpha value is -1.20. The Morgan fingerprint density at radius 2 is 2.00 bits per heavy atom. The van der Waals surface area contributed by atoms with Gasteiger partial charge in [0.25, 0.3) is 0 Å². The standard InChI is InChI=1S/C14H19ClN2/c1-2-3-4-5-6-9-17-14-10-13(15)8-7-12(14)11-16/h7-8,10,17H,2-6,9H2,1H3. The van der Waals surface area contributed by atoms with Crippen LogP contribution in [0, 0.1) is 11.3 Å². The zero-order chi connectivity index (χ0) is 12.5. The van der Waals surface area contributed by atoms with E-state index >= 15 is 0 Å². The lowest BCUT2D eigenvalue weighted by molar-refractivity contribution is 0.645. The van der Waals surface area contributed by atoms with Gasteiger partial charge in [-0.25, -0.2) is 0 Å². The number of halogens is 1. The molecule has 1 rings (SSSR count). The maximum atomic E-state index is 8.95. The second kappa shape index (κ2) is 7.97. The summed E-state index contributed by atoms with van der Waals surface area (Å²) in [7, 11) is 0. The van der Waals surface area contributed by atoms with Crippen molar-refractivity contribution in [1.82, 2.24) is 0 Å². The van der Waals surface area contributed by atoms with Crippen molar-refractivity contribution in [1.29, 1.82) is 5.26 Å². The van der Waals surface area contributed by atoms with Gasteiger partial charge >= 0.3 is 0 Å². The number of unbranched alkanes of at least 4 members (excludes halogenated alkanes) is 4. The fourth-order valence-corrected chi connectivity index (χ4v) is 1.88. The average Bonchev–Trinajstić information content (AvgIpc) is 2.34. The van der Waals surface area contributed by atoms with Gasteiger partial charge in [-0.3, -0.25) is 0 Å². The molecular weight excluding hydrogens is 232 g/mol. The molecule has 0 saturated heterocycles. The summed E-state index contributed by atoms with van der Waals surface area (Å²) < 4.78 is 0. The first-order valence-corrected chi connectivity index (χ1v) is 6.59. The van der Waals surface area contributed by atoms with Crippen LogP contribution in [0.15, 0.2) is 18.2 Å². The fraction of sp³-hybridized carbons (Fsp3) is 0.500. The van der Waals surface area contributed by atoms with Gasteiger partial charge in [-0.2, -0.15) is 5.26 Å². The summed E-state index contributed by atoms with van der Waals surface area (Å²) in [6.45, 7) is 3.11. The second-order valence-electron chi connectivity index (χ2n) is 4.14. The number of hydrogen-bond acceptors (Lipinski definition) is 2. The maximum Gasteiger partial charge on any atom is 0.101 e. The van der Waals surface area contributed by atoms with Gasteiger partial charge in [0, 0.05) is 11.6 Å². The van der Waals surface area contributed by atoms with E-state index in [1.807, 2.05) is 6.07 Å². The lowest BCUT2D eigenvalue weighted by atomic mass is 10.1. The van der Waals surface area contributed by atoms with E-state index < -0.39 is 0 Å². The molecule has 0 heterocycles. The maximum absolute atomic E-state index is 8.95. The summed E-state index contributed by atoms with van der Waals surface area (Å²) in [6.07, 6.45) is 6.24. The van der Waals surface area contributed by atoms with Crippen LogP contribution in [0.3, 0.4) is 0 Å². The van der Waals surface area contributed by atoms with Crippen molar-refractivity contribution in [3.63, 3.8) is 0 Å². The number of nitrogens with one attached hydrogen (secondary N) is 1. The highest BCUT2D eigenvalue weighted by molar-refractivity contribution is 6.30. The lowest BCUT2D eigenvalue weighted by Crippen LogP contribution is -2.03. The smallest absolute Gasteiger partial charge is 0.101 e. The zero-order valence-electron chi connectivity index (χ0n) is 10.3. The molecule has 0 aliphatic heterocycles. The minimum atomic E-state index is 0.656. The van der Waals surface area contributed by atoms with Gasteiger partial charge in [0.1, 0.15) is 6.07 Å². The van der Waals surface area contributed by atoms with E-state index in [4.69, 9.17) is 16.9 Å². The van der Waals surface area contributed by atoms with Gasteiger partial charge in [-0.1, -0.05) is 44.2 Å². The molecular formula is C14H19ClN2. The zero-order valence-corrected chi connectivity index (χ0v) is 11.1. The van der Waals surface area contributed by atoms with Crippen molar-refractivity contribution >= 4 is 17.3 Å². The van der Waals surface area contributed by atoms with Crippen LogP contribution in [0.4, 0.5) is 5.69 Å². The van der Waals surface area contributed by atoms with Crippen molar-refractivity contribution in [3.8, 4) is 6.07 Å². The molecule has 0 unspecified atom stereocenters. The summed E-state index contributed by atoms with van der Waals surface area (Å²) in [6, 6.07) is 7.47. The Bertz CT molecular complexity index is 382. The van der Waals surface area contributed by atoms with Gasteiger partial charge in [0.15, 0.2) is 0 Å². The highest BCUT2D eigenvalue weighted by Gasteiger charge is 2.01. The molecule has 0 aliphatic rings. The molecule has 2 nitrogen and oxygen atoms in total. The molecule has 92 valence electrons. The monoisotopic (exact) mass is 250 g/mol. The molecule has 0 fully saturated rings. The van der Waals surface area contributed by atoms with Crippen LogP contribution in [-0.2, 0) is 0 Å².